The molecule has 0 aromatic carbocycles. The number of hydrogen-bond acceptors (Lipinski definition) is 2. The van der Waals surface area contributed by atoms with Crippen molar-refractivity contribution in [3.05, 3.63) is 0 Å². The fraction of sp³-hybridized carbons (Fsp3) is 0.968. The summed E-state index contributed by atoms with van der Waals surface area (Å²) in [5.74, 6) is -0.0261. The van der Waals surface area contributed by atoms with Crippen molar-refractivity contribution in [3.63, 3.8) is 0 Å². The Labute approximate surface area is 209 Å². The second-order valence-corrected chi connectivity index (χ2v) is 10.4. The molecular weight excluding hydrogens is 404 g/mol. The van der Waals surface area contributed by atoms with Gasteiger partial charge in [0.15, 0.2) is 0 Å². The lowest BCUT2D eigenvalue weighted by atomic mass is 10.0. The average molecular weight is 467 g/mol. The highest BCUT2D eigenvalue weighted by Gasteiger charge is 2.00. The third kappa shape index (κ3) is 29.4. The van der Waals surface area contributed by atoms with E-state index in [1.807, 2.05) is 6.92 Å². The minimum absolute atomic E-state index is 0.0261. The highest BCUT2D eigenvalue weighted by Crippen LogP contribution is 2.16. The molecule has 2 heteroatoms. The van der Waals surface area contributed by atoms with Crippen molar-refractivity contribution >= 4 is 5.97 Å². The van der Waals surface area contributed by atoms with Gasteiger partial charge in [0, 0.05) is 6.42 Å². The Bertz CT molecular complexity index is 366. The number of rotatable bonds is 28. The van der Waals surface area contributed by atoms with Crippen LogP contribution < -0.4 is 0 Å². The highest BCUT2D eigenvalue weighted by atomic mass is 16.5. The molecule has 0 heterocycles. The Morgan fingerprint density at radius 1 is 0.394 bits per heavy atom. The normalized spacial score (nSPS) is 11.2. The van der Waals surface area contributed by atoms with Crippen LogP contribution in [0, 0.1) is 0 Å². The molecule has 0 fully saturated rings. The number of esters is 1. The zero-order chi connectivity index (χ0) is 24.1. The maximum Gasteiger partial charge on any atom is 0.305 e. The molecule has 0 aromatic rings. The predicted molar refractivity (Wildman–Crippen MR) is 147 cm³/mol. The quantitative estimate of drug-likeness (QED) is 0.0846. The van der Waals surface area contributed by atoms with Gasteiger partial charge in [-0.25, -0.2) is 0 Å². The van der Waals surface area contributed by atoms with Gasteiger partial charge in [0.25, 0.3) is 0 Å². The molecule has 0 radical (unpaired) electrons. The second-order valence-electron chi connectivity index (χ2n) is 10.4. The Morgan fingerprint density at radius 2 is 0.636 bits per heavy atom. The van der Waals surface area contributed by atoms with E-state index >= 15 is 0 Å². The summed E-state index contributed by atoms with van der Waals surface area (Å²) < 4.78 is 4.96. The molecule has 0 aliphatic rings. The van der Waals surface area contributed by atoms with Crippen molar-refractivity contribution in [2.45, 2.75) is 187 Å². The zero-order valence-electron chi connectivity index (χ0n) is 23.1. The largest absolute Gasteiger partial charge is 0.466 e. The number of carbonyl (C=O) groups is 1. The van der Waals surface area contributed by atoms with Gasteiger partial charge in [-0.3, -0.25) is 4.79 Å². The number of carbonyl (C=O) groups excluding carboxylic acids is 1. The molecule has 0 rings (SSSR count). The minimum Gasteiger partial charge on any atom is -0.466 e. The summed E-state index contributed by atoms with van der Waals surface area (Å²) in [7, 11) is 0. The summed E-state index contributed by atoms with van der Waals surface area (Å²) in [6.07, 6.45) is 37.3. The van der Waals surface area contributed by atoms with Crippen LogP contribution in [0.4, 0.5) is 0 Å². The summed E-state index contributed by atoms with van der Waals surface area (Å²) in [6.45, 7) is 4.68. The molecule has 0 unspecified atom stereocenters. The first-order valence-electron chi connectivity index (χ1n) is 15.5. The maximum atomic E-state index is 11.3. The van der Waals surface area contributed by atoms with Gasteiger partial charge in [0.1, 0.15) is 0 Å². The molecule has 0 saturated carbocycles. The lowest BCUT2D eigenvalue weighted by Gasteiger charge is -2.04. The van der Waals surface area contributed by atoms with E-state index in [2.05, 4.69) is 6.92 Å². The monoisotopic (exact) mass is 466 g/mol. The van der Waals surface area contributed by atoms with Crippen molar-refractivity contribution in [2.75, 3.05) is 6.61 Å². The molecule has 2 nitrogen and oxygen atoms in total. The smallest absolute Gasteiger partial charge is 0.305 e. The first-order chi connectivity index (χ1) is 16.3. The van der Waals surface area contributed by atoms with Crippen LogP contribution in [0.5, 0.6) is 0 Å². The first kappa shape index (κ1) is 32.5. The van der Waals surface area contributed by atoms with Gasteiger partial charge in [0.05, 0.1) is 6.61 Å². The Kier molecular flexibility index (Phi) is 29.0. The van der Waals surface area contributed by atoms with Gasteiger partial charge in [-0.15, -0.1) is 0 Å². The molecule has 0 spiro atoms. The lowest BCUT2D eigenvalue weighted by molar-refractivity contribution is -0.143. The molecular formula is C31H62O2. The van der Waals surface area contributed by atoms with Crippen LogP contribution in [0.15, 0.2) is 0 Å². The molecule has 0 aliphatic heterocycles. The molecule has 0 saturated heterocycles. The van der Waals surface area contributed by atoms with Crippen LogP contribution in [0.25, 0.3) is 0 Å². The van der Waals surface area contributed by atoms with Crippen LogP contribution in [-0.2, 0) is 9.53 Å². The summed E-state index contributed by atoms with van der Waals surface area (Å²) in [5, 5.41) is 0. The molecule has 0 amide bonds. The van der Waals surface area contributed by atoms with Crippen molar-refractivity contribution in [1.29, 1.82) is 0 Å². The van der Waals surface area contributed by atoms with E-state index in [4.69, 9.17) is 4.74 Å². The van der Waals surface area contributed by atoms with Gasteiger partial charge in [0.2, 0.25) is 0 Å². The van der Waals surface area contributed by atoms with Gasteiger partial charge in [-0.2, -0.15) is 0 Å². The summed E-state index contributed by atoms with van der Waals surface area (Å²) in [5.41, 5.74) is 0. The van der Waals surface area contributed by atoms with Crippen LogP contribution in [0.3, 0.4) is 0 Å². The molecule has 0 bridgehead atoms. The number of unbranched alkanes of at least 4 members (excludes halogenated alkanes) is 25. The molecule has 198 valence electrons. The Morgan fingerprint density at radius 3 is 0.879 bits per heavy atom. The minimum atomic E-state index is -0.0261. The van der Waals surface area contributed by atoms with Gasteiger partial charge < -0.3 is 4.74 Å². The second kappa shape index (κ2) is 29.5. The van der Waals surface area contributed by atoms with E-state index in [1.54, 1.807) is 0 Å². The molecule has 33 heavy (non-hydrogen) atoms. The number of ether oxygens (including phenoxy) is 1. The van der Waals surface area contributed by atoms with Gasteiger partial charge >= 0.3 is 5.97 Å². The fourth-order valence-electron chi connectivity index (χ4n) is 4.82. The van der Waals surface area contributed by atoms with E-state index in [-0.39, 0.29) is 5.97 Å². The Balaban J connectivity index is 3.03. The Hall–Kier alpha value is -0.530. The number of hydrogen-bond donors (Lipinski definition) is 0. The van der Waals surface area contributed by atoms with Crippen LogP contribution in [0.1, 0.15) is 187 Å². The van der Waals surface area contributed by atoms with Crippen LogP contribution >= 0.6 is 0 Å². The van der Waals surface area contributed by atoms with Gasteiger partial charge in [-0.05, 0) is 13.3 Å². The summed E-state index contributed by atoms with van der Waals surface area (Å²) >= 11 is 0. The van der Waals surface area contributed by atoms with E-state index in [9.17, 15) is 4.79 Å². The van der Waals surface area contributed by atoms with Crippen LogP contribution in [0.2, 0.25) is 0 Å². The molecule has 0 aromatic heterocycles. The van der Waals surface area contributed by atoms with E-state index < -0.39 is 0 Å². The standard InChI is InChI=1S/C31H62O2/c1-3-5-6-7-8-9-10-11-12-13-14-15-16-17-18-19-20-21-22-23-24-25-26-27-28-29-30-31(32)33-4-2/h3-30H2,1-2H3. The van der Waals surface area contributed by atoms with E-state index in [0.29, 0.717) is 13.0 Å². The fourth-order valence-corrected chi connectivity index (χ4v) is 4.82. The van der Waals surface area contributed by atoms with E-state index in [1.165, 1.54) is 161 Å². The van der Waals surface area contributed by atoms with Gasteiger partial charge in [-0.1, -0.05) is 167 Å². The third-order valence-corrected chi connectivity index (χ3v) is 7.04. The average Bonchev–Trinajstić information content (AvgIpc) is 2.81. The third-order valence-electron chi connectivity index (χ3n) is 7.04. The van der Waals surface area contributed by atoms with Crippen molar-refractivity contribution in [1.82, 2.24) is 0 Å². The molecule has 0 N–H and O–H groups in total. The van der Waals surface area contributed by atoms with Crippen molar-refractivity contribution in [3.8, 4) is 0 Å². The lowest BCUT2D eigenvalue weighted by Crippen LogP contribution is -2.03. The van der Waals surface area contributed by atoms with Crippen LogP contribution in [-0.4, -0.2) is 12.6 Å². The highest BCUT2D eigenvalue weighted by molar-refractivity contribution is 5.69. The topological polar surface area (TPSA) is 26.3 Å². The molecule has 0 atom stereocenters. The first-order valence-corrected chi connectivity index (χ1v) is 15.5. The van der Waals surface area contributed by atoms with Crippen molar-refractivity contribution in [2.24, 2.45) is 0 Å². The molecule has 0 aliphatic carbocycles. The predicted octanol–water partition coefficient (Wildman–Crippen LogP) is 11.1. The zero-order valence-corrected chi connectivity index (χ0v) is 23.1. The SMILES string of the molecule is CCCCCCCCCCCCCCCCCCCCCCCCCCCCC(=O)OCC. The summed E-state index contributed by atoms with van der Waals surface area (Å²) in [6, 6.07) is 0. The maximum absolute atomic E-state index is 11.3. The van der Waals surface area contributed by atoms with E-state index in [0.717, 1.165) is 6.42 Å². The van der Waals surface area contributed by atoms with Crippen molar-refractivity contribution < 1.29 is 9.53 Å². The summed E-state index contributed by atoms with van der Waals surface area (Å²) in [4.78, 5) is 11.3.